The average Bonchev–Trinajstić information content (AvgIpc) is 3.14. The Labute approximate surface area is 171 Å². The molecule has 0 bridgehead atoms. The molecule has 1 heterocycles. The van der Waals surface area contributed by atoms with Gasteiger partial charge in [-0.3, -0.25) is 0 Å². The highest BCUT2D eigenvalue weighted by Gasteiger charge is 2.16. The molecule has 2 aromatic carbocycles. The fraction of sp³-hybridized carbons (Fsp3) is 0.409. The summed E-state index contributed by atoms with van der Waals surface area (Å²) in [5.41, 5.74) is 2.68. The third-order valence-electron chi connectivity index (χ3n) is 4.57. The molecule has 156 valence electrons. The van der Waals surface area contributed by atoms with Crippen LogP contribution in [0.1, 0.15) is 31.9 Å². The molecule has 7 nitrogen and oxygen atoms in total. The van der Waals surface area contributed by atoms with Gasteiger partial charge in [0.25, 0.3) is 0 Å². The quantitative estimate of drug-likeness (QED) is 0.298. The minimum absolute atomic E-state index is 0.0304. The summed E-state index contributed by atoms with van der Waals surface area (Å²) in [6.07, 6.45) is 0. The number of ether oxygens (including phenoxy) is 3. The highest BCUT2D eigenvalue weighted by molar-refractivity contribution is 5.95. The zero-order valence-corrected chi connectivity index (χ0v) is 17.4. The second kappa shape index (κ2) is 9.05. The fourth-order valence-electron chi connectivity index (χ4n) is 2.85. The molecule has 0 aliphatic carbocycles. The number of hydrogen-bond donors (Lipinski definition) is 3. The molecule has 0 saturated heterocycles. The van der Waals surface area contributed by atoms with Crippen LogP contribution >= 0.6 is 0 Å². The van der Waals surface area contributed by atoms with E-state index in [0.29, 0.717) is 31.3 Å². The number of rotatable bonds is 6. The minimum Gasteiger partial charge on any atom is -0.506 e. The summed E-state index contributed by atoms with van der Waals surface area (Å²) in [6.45, 7) is 8.22. The van der Waals surface area contributed by atoms with Crippen LogP contribution in [0.25, 0.3) is 0 Å². The molecule has 3 N–H and O–H groups in total. The maximum Gasteiger partial charge on any atom is 0.231 e. The van der Waals surface area contributed by atoms with Gasteiger partial charge in [-0.2, -0.15) is 0 Å². The van der Waals surface area contributed by atoms with Gasteiger partial charge in [0.15, 0.2) is 17.5 Å². The van der Waals surface area contributed by atoms with Crippen molar-refractivity contribution in [2.45, 2.75) is 32.7 Å². The zero-order valence-electron chi connectivity index (χ0n) is 17.4. The van der Waals surface area contributed by atoms with Crippen molar-refractivity contribution in [1.82, 2.24) is 5.32 Å². The van der Waals surface area contributed by atoms with Crippen LogP contribution in [0.15, 0.2) is 41.4 Å². The Morgan fingerprint density at radius 3 is 2.69 bits per heavy atom. The van der Waals surface area contributed by atoms with Crippen molar-refractivity contribution >= 4 is 11.6 Å². The molecule has 0 unspecified atom stereocenters. The van der Waals surface area contributed by atoms with E-state index in [-0.39, 0.29) is 18.0 Å². The van der Waals surface area contributed by atoms with E-state index in [1.807, 2.05) is 30.3 Å². The Bertz CT molecular complexity index is 875. The molecule has 0 amide bonds. The molecule has 1 aliphatic rings. The van der Waals surface area contributed by atoms with E-state index in [9.17, 15) is 5.11 Å². The van der Waals surface area contributed by atoms with Crippen molar-refractivity contribution in [2.24, 2.45) is 4.99 Å². The molecular formula is C22H29N3O4. The monoisotopic (exact) mass is 399 g/mol. The topological polar surface area (TPSA) is 84.3 Å². The summed E-state index contributed by atoms with van der Waals surface area (Å²) in [6, 6.07) is 11.4. The highest BCUT2D eigenvalue weighted by atomic mass is 16.7. The van der Waals surface area contributed by atoms with E-state index >= 15 is 0 Å². The van der Waals surface area contributed by atoms with Gasteiger partial charge in [-0.15, -0.1) is 0 Å². The molecule has 29 heavy (non-hydrogen) atoms. The summed E-state index contributed by atoms with van der Waals surface area (Å²) in [4.78, 5) is 4.65. The lowest BCUT2D eigenvalue weighted by Crippen LogP contribution is -2.33. The molecule has 0 radical (unpaired) electrons. The van der Waals surface area contributed by atoms with Crippen LogP contribution in [0.5, 0.6) is 17.2 Å². The number of aliphatic imine (C=N–C) groups is 1. The average molecular weight is 399 g/mol. The van der Waals surface area contributed by atoms with E-state index in [1.165, 1.54) is 0 Å². The standard InChI is InChI=1S/C22H29N3O4/c1-22(2,3)16-6-7-18(26)17(12-16)25-21(23-9-10-27-4)24-13-15-5-8-19-20(11-15)29-14-28-19/h5-8,11-12,26H,9-10,13-14H2,1-4H3,(H2,23,24,25). The van der Waals surface area contributed by atoms with Crippen LogP contribution < -0.4 is 20.1 Å². The van der Waals surface area contributed by atoms with Crippen LogP contribution in [0.3, 0.4) is 0 Å². The lowest BCUT2D eigenvalue weighted by molar-refractivity contribution is 0.174. The first kappa shape index (κ1) is 20.8. The summed E-state index contributed by atoms with van der Waals surface area (Å²) in [5, 5.41) is 16.8. The molecule has 0 aromatic heterocycles. The number of phenols is 1. The first-order valence-electron chi connectivity index (χ1n) is 9.63. The Kier molecular flexibility index (Phi) is 6.49. The van der Waals surface area contributed by atoms with Crippen molar-refractivity contribution in [3.05, 3.63) is 47.5 Å². The second-order valence-corrected chi connectivity index (χ2v) is 7.88. The van der Waals surface area contributed by atoms with Crippen LogP contribution in [0, 0.1) is 0 Å². The molecule has 0 saturated carbocycles. The number of benzene rings is 2. The minimum atomic E-state index is -0.0304. The number of aromatic hydroxyl groups is 1. The van der Waals surface area contributed by atoms with Crippen molar-refractivity contribution in [1.29, 1.82) is 0 Å². The van der Waals surface area contributed by atoms with Crippen LogP contribution in [-0.2, 0) is 16.7 Å². The van der Waals surface area contributed by atoms with Crippen LogP contribution in [0.4, 0.5) is 5.69 Å². The number of fused-ring (bicyclic) bond motifs is 1. The summed E-state index contributed by atoms with van der Waals surface area (Å²) in [7, 11) is 1.65. The number of methoxy groups -OCH3 is 1. The van der Waals surface area contributed by atoms with Gasteiger partial charge in [0.2, 0.25) is 6.79 Å². The lowest BCUT2D eigenvalue weighted by atomic mass is 9.87. The van der Waals surface area contributed by atoms with Gasteiger partial charge in [0.05, 0.1) is 18.8 Å². The van der Waals surface area contributed by atoms with Crippen molar-refractivity contribution in [2.75, 3.05) is 32.4 Å². The third kappa shape index (κ3) is 5.54. The molecule has 1 aliphatic heterocycles. The summed E-state index contributed by atoms with van der Waals surface area (Å²) < 4.78 is 15.9. The first-order valence-corrected chi connectivity index (χ1v) is 9.63. The maximum atomic E-state index is 10.3. The number of guanidine groups is 1. The van der Waals surface area contributed by atoms with Gasteiger partial charge in [-0.25, -0.2) is 4.99 Å². The SMILES string of the molecule is COCCNC(=NCc1ccc2c(c1)OCO2)Nc1cc(C(C)(C)C)ccc1O. The van der Waals surface area contributed by atoms with Crippen molar-refractivity contribution in [3.63, 3.8) is 0 Å². The number of nitrogens with one attached hydrogen (secondary N) is 2. The molecule has 7 heteroatoms. The lowest BCUT2D eigenvalue weighted by Gasteiger charge is -2.21. The Morgan fingerprint density at radius 2 is 1.93 bits per heavy atom. The van der Waals surface area contributed by atoms with E-state index < -0.39 is 0 Å². The number of hydrogen-bond acceptors (Lipinski definition) is 5. The molecule has 0 fully saturated rings. The molecule has 0 spiro atoms. The predicted octanol–water partition coefficient (Wildman–Crippen LogP) is 3.62. The number of phenolic OH excluding ortho intramolecular Hbond substituents is 1. The summed E-state index contributed by atoms with van der Waals surface area (Å²) >= 11 is 0. The van der Waals surface area contributed by atoms with Crippen LogP contribution in [-0.4, -0.2) is 38.1 Å². The molecule has 2 aromatic rings. The Hall–Kier alpha value is -2.93. The van der Waals surface area contributed by atoms with Crippen LogP contribution in [0.2, 0.25) is 0 Å². The smallest absolute Gasteiger partial charge is 0.231 e. The Morgan fingerprint density at radius 1 is 1.14 bits per heavy atom. The van der Waals surface area contributed by atoms with Crippen molar-refractivity contribution in [3.8, 4) is 17.2 Å². The van der Waals surface area contributed by atoms with Gasteiger partial charge < -0.3 is 30.0 Å². The molecule has 0 atom stereocenters. The normalized spacial score (nSPS) is 13.4. The van der Waals surface area contributed by atoms with E-state index in [0.717, 1.165) is 22.6 Å². The molecule has 3 rings (SSSR count). The van der Waals surface area contributed by atoms with E-state index in [4.69, 9.17) is 14.2 Å². The zero-order chi connectivity index (χ0) is 20.9. The van der Waals surface area contributed by atoms with Gasteiger partial charge in [0, 0.05) is 13.7 Å². The van der Waals surface area contributed by atoms with Crippen molar-refractivity contribution < 1.29 is 19.3 Å². The Balaban J connectivity index is 1.79. The third-order valence-corrected chi connectivity index (χ3v) is 4.57. The highest BCUT2D eigenvalue weighted by Crippen LogP contribution is 2.33. The molecular weight excluding hydrogens is 370 g/mol. The number of nitrogens with zero attached hydrogens (tertiary/aromatic N) is 1. The largest absolute Gasteiger partial charge is 0.506 e. The number of anilines is 1. The van der Waals surface area contributed by atoms with E-state index in [1.54, 1.807) is 13.2 Å². The van der Waals surface area contributed by atoms with Gasteiger partial charge in [0.1, 0.15) is 5.75 Å². The maximum absolute atomic E-state index is 10.3. The predicted molar refractivity (Wildman–Crippen MR) is 114 cm³/mol. The van der Waals surface area contributed by atoms with Gasteiger partial charge >= 0.3 is 0 Å². The van der Waals surface area contributed by atoms with Gasteiger partial charge in [-0.1, -0.05) is 32.9 Å². The van der Waals surface area contributed by atoms with Gasteiger partial charge in [-0.05, 0) is 40.8 Å². The van der Waals surface area contributed by atoms with E-state index in [2.05, 4.69) is 36.4 Å². The second-order valence-electron chi connectivity index (χ2n) is 7.88. The summed E-state index contributed by atoms with van der Waals surface area (Å²) in [5.74, 6) is 2.21. The first-order chi connectivity index (χ1) is 13.9. The fourth-order valence-corrected chi connectivity index (χ4v) is 2.85.